The SMILES string of the molecule is O=C(Cl)c1c([N+](=O)[O-])cc(C(F)F)nc1OC(F)(F)F. The third-order valence-corrected chi connectivity index (χ3v) is 2.00. The summed E-state index contributed by atoms with van der Waals surface area (Å²) in [6, 6.07) is 0.142. The standard InChI is InChI=1S/C8H2ClF5N2O4/c9-5(17)4-3(16(18)19)1-2(6(10)11)15-7(4)20-8(12,13)14/h1,6H. The van der Waals surface area contributed by atoms with Crippen LogP contribution in [-0.4, -0.2) is 21.5 Å². The Labute approximate surface area is 111 Å². The summed E-state index contributed by atoms with van der Waals surface area (Å²) in [4.78, 5) is 22.9. The smallest absolute Gasteiger partial charge is 0.387 e. The van der Waals surface area contributed by atoms with Gasteiger partial charge in [-0.15, -0.1) is 13.2 Å². The molecule has 0 bridgehead atoms. The average Bonchev–Trinajstić information content (AvgIpc) is 2.24. The van der Waals surface area contributed by atoms with Crippen molar-refractivity contribution in [3.63, 3.8) is 0 Å². The number of aromatic nitrogens is 1. The minimum absolute atomic E-state index is 0.142. The number of pyridine rings is 1. The summed E-state index contributed by atoms with van der Waals surface area (Å²) in [5.41, 5.74) is -4.09. The Morgan fingerprint density at radius 2 is 2.00 bits per heavy atom. The molecule has 0 atom stereocenters. The van der Waals surface area contributed by atoms with Crippen molar-refractivity contribution in [3.05, 3.63) is 27.4 Å². The third kappa shape index (κ3) is 3.73. The highest BCUT2D eigenvalue weighted by atomic mass is 35.5. The molecular weight excluding hydrogens is 319 g/mol. The fourth-order valence-corrected chi connectivity index (χ4v) is 1.33. The zero-order valence-electron chi connectivity index (χ0n) is 8.95. The first kappa shape index (κ1) is 16.0. The van der Waals surface area contributed by atoms with Crippen LogP contribution in [0.4, 0.5) is 27.6 Å². The topological polar surface area (TPSA) is 82.3 Å². The van der Waals surface area contributed by atoms with Gasteiger partial charge in [-0.25, -0.2) is 13.8 Å². The second-order valence-corrected chi connectivity index (χ2v) is 3.47. The van der Waals surface area contributed by atoms with Crippen LogP contribution in [0.25, 0.3) is 0 Å². The second-order valence-electron chi connectivity index (χ2n) is 3.13. The zero-order chi connectivity index (χ0) is 15.7. The summed E-state index contributed by atoms with van der Waals surface area (Å²) < 4.78 is 64.3. The molecule has 1 heterocycles. The Morgan fingerprint density at radius 3 is 2.35 bits per heavy atom. The maximum Gasteiger partial charge on any atom is 0.574 e. The summed E-state index contributed by atoms with van der Waals surface area (Å²) in [7, 11) is 0. The van der Waals surface area contributed by atoms with Gasteiger partial charge in [0.2, 0.25) is 5.88 Å². The Bertz CT molecular complexity index is 563. The molecule has 110 valence electrons. The molecule has 0 amide bonds. The molecule has 0 spiro atoms. The summed E-state index contributed by atoms with van der Waals surface area (Å²) >= 11 is 4.90. The number of nitrogens with zero attached hydrogens (tertiary/aromatic N) is 2. The van der Waals surface area contributed by atoms with Crippen molar-refractivity contribution < 1.29 is 36.4 Å². The maximum atomic E-state index is 12.4. The van der Waals surface area contributed by atoms with E-state index in [4.69, 9.17) is 11.6 Å². The van der Waals surface area contributed by atoms with Crippen LogP contribution in [-0.2, 0) is 0 Å². The van der Waals surface area contributed by atoms with E-state index in [2.05, 4.69) is 9.72 Å². The molecule has 0 aromatic carbocycles. The molecule has 6 nitrogen and oxygen atoms in total. The van der Waals surface area contributed by atoms with Gasteiger partial charge in [0.05, 0.1) is 4.92 Å². The summed E-state index contributed by atoms with van der Waals surface area (Å²) in [6.07, 6.45) is -8.81. The fraction of sp³-hybridized carbons (Fsp3) is 0.250. The molecule has 0 aliphatic rings. The van der Waals surface area contributed by atoms with E-state index in [9.17, 15) is 36.9 Å². The van der Waals surface area contributed by atoms with Gasteiger partial charge in [-0.2, -0.15) is 0 Å². The summed E-state index contributed by atoms with van der Waals surface area (Å²) in [5, 5.41) is 8.90. The van der Waals surface area contributed by atoms with Crippen molar-refractivity contribution in [3.8, 4) is 5.88 Å². The van der Waals surface area contributed by atoms with Crippen molar-refractivity contribution in [2.45, 2.75) is 12.8 Å². The van der Waals surface area contributed by atoms with Crippen molar-refractivity contribution in [2.75, 3.05) is 0 Å². The van der Waals surface area contributed by atoms with Gasteiger partial charge in [-0.3, -0.25) is 14.9 Å². The van der Waals surface area contributed by atoms with Gasteiger partial charge in [-0.05, 0) is 11.6 Å². The zero-order valence-corrected chi connectivity index (χ0v) is 9.71. The minimum Gasteiger partial charge on any atom is -0.387 e. The van der Waals surface area contributed by atoms with E-state index in [1.165, 1.54) is 0 Å². The normalized spacial score (nSPS) is 11.6. The highest BCUT2D eigenvalue weighted by molar-refractivity contribution is 6.68. The highest BCUT2D eigenvalue weighted by Gasteiger charge is 2.37. The number of alkyl halides is 5. The van der Waals surface area contributed by atoms with Gasteiger partial charge >= 0.3 is 6.36 Å². The fourth-order valence-electron chi connectivity index (χ4n) is 1.15. The largest absolute Gasteiger partial charge is 0.574 e. The molecule has 0 fully saturated rings. The Hall–Kier alpha value is -2.04. The Kier molecular flexibility index (Phi) is 4.43. The van der Waals surface area contributed by atoms with Gasteiger partial charge in [0.15, 0.2) is 5.56 Å². The van der Waals surface area contributed by atoms with E-state index in [-0.39, 0.29) is 6.07 Å². The predicted octanol–water partition coefficient (Wildman–Crippen LogP) is 3.20. The van der Waals surface area contributed by atoms with Gasteiger partial charge in [0, 0.05) is 6.07 Å². The molecule has 20 heavy (non-hydrogen) atoms. The van der Waals surface area contributed by atoms with E-state index in [1.54, 1.807) is 0 Å². The summed E-state index contributed by atoms with van der Waals surface area (Å²) in [6.45, 7) is 0. The molecule has 1 aromatic rings. The Balaban J connectivity index is 3.59. The van der Waals surface area contributed by atoms with Gasteiger partial charge in [-0.1, -0.05) is 0 Å². The minimum atomic E-state index is -5.40. The van der Waals surface area contributed by atoms with Crippen LogP contribution >= 0.6 is 11.6 Å². The maximum absolute atomic E-state index is 12.4. The molecule has 0 radical (unpaired) electrons. The molecule has 0 saturated carbocycles. The first-order valence-electron chi connectivity index (χ1n) is 4.46. The lowest BCUT2D eigenvalue weighted by molar-refractivity contribution is -0.385. The lowest BCUT2D eigenvalue weighted by Crippen LogP contribution is -2.20. The van der Waals surface area contributed by atoms with Crippen LogP contribution in [0.1, 0.15) is 22.5 Å². The van der Waals surface area contributed by atoms with E-state index < -0.39 is 45.8 Å². The molecule has 0 saturated heterocycles. The number of rotatable bonds is 4. The van der Waals surface area contributed by atoms with Crippen LogP contribution < -0.4 is 4.74 Å². The van der Waals surface area contributed by atoms with Crippen LogP contribution in [0.3, 0.4) is 0 Å². The lowest BCUT2D eigenvalue weighted by atomic mass is 10.2. The lowest BCUT2D eigenvalue weighted by Gasteiger charge is -2.11. The number of nitro groups is 1. The molecule has 0 aliphatic carbocycles. The van der Waals surface area contributed by atoms with Crippen molar-refractivity contribution in [1.29, 1.82) is 0 Å². The number of hydrogen-bond donors (Lipinski definition) is 0. The molecule has 0 N–H and O–H groups in total. The van der Waals surface area contributed by atoms with Crippen molar-refractivity contribution in [2.24, 2.45) is 0 Å². The number of halogens is 6. The van der Waals surface area contributed by atoms with Gasteiger partial charge < -0.3 is 4.74 Å². The first-order chi connectivity index (χ1) is 9.03. The number of hydrogen-bond acceptors (Lipinski definition) is 5. The van der Waals surface area contributed by atoms with E-state index in [0.29, 0.717) is 0 Å². The third-order valence-electron chi connectivity index (χ3n) is 1.81. The van der Waals surface area contributed by atoms with E-state index in [0.717, 1.165) is 0 Å². The Morgan fingerprint density at radius 1 is 1.45 bits per heavy atom. The molecule has 1 rings (SSSR count). The first-order valence-corrected chi connectivity index (χ1v) is 4.83. The van der Waals surface area contributed by atoms with Crippen molar-refractivity contribution >= 4 is 22.5 Å². The predicted molar refractivity (Wildman–Crippen MR) is 52.7 cm³/mol. The van der Waals surface area contributed by atoms with Crippen LogP contribution in [0.5, 0.6) is 5.88 Å². The van der Waals surface area contributed by atoms with Crippen LogP contribution in [0.15, 0.2) is 6.07 Å². The van der Waals surface area contributed by atoms with Crippen molar-refractivity contribution in [1.82, 2.24) is 4.98 Å². The molecule has 1 aromatic heterocycles. The van der Waals surface area contributed by atoms with Gasteiger partial charge in [0.1, 0.15) is 5.69 Å². The molecule has 0 aliphatic heterocycles. The number of ether oxygens (including phenoxy) is 1. The highest BCUT2D eigenvalue weighted by Crippen LogP contribution is 2.35. The van der Waals surface area contributed by atoms with E-state index in [1.807, 2.05) is 0 Å². The summed E-state index contributed by atoms with van der Waals surface area (Å²) in [5.74, 6) is -1.71. The average molecular weight is 321 g/mol. The number of carbonyl (C=O) groups is 1. The van der Waals surface area contributed by atoms with Crippen LogP contribution in [0, 0.1) is 10.1 Å². The molecule has 0 unspecified atom stereocenters. The monoisotopic (exact) mass is 320 g/mol. The van der Waals surface area contributed by atoms with E-state index >= 15 is 0 Å². The quantitative estimate of drug-likeness (QED) is 0.368. The second kappa shape index (κ2) is 5.53. The van der Waals surface area contributed by atoms with Gasteiger partial charge in [0.25, 0.3) is 17.4 Å². The van der Waals surface area contributed by atoms with Crippen LogP contribution in [0.2, 0.25) is 0 Å². The molecule has 12 heteroatoms. The number of carbonyl (C=O) groups excluding carboxylic acids is 1. The molecular formula is C8H2ClF5N2O4.